The summed E-state index contributed by atoms with van der Waals surface area (Å²) in [6, 6.07) is 21.0. The van der Waals surface area contributed by atoms with Crippen LogP contribution in [0.5, 0.6) is 0 Å². The second-order valence-corrected chi connectivity index (χ2v) is 7.59. The number of hydrogen-bond acceptors (Lipinski definition) is 5. The van der Waals surface area contributed by atoms with Gasteiger partial charge in [-0.2, -0.15) is 5.10 Å². The second kappa shape index (κ2) is 9.05. The maximum atomic E-state index is 13.2. The van der Waals surface area contributed by atoms with Crippen molar-refractivity contribution >= 4 is 29.0 Å². The molecule has 0 aliphatic heterocycles. The van der Waals surface area contributed by atoms with E-state index in [1.807, 2.05) is 6.07 Å². The number of benzene rings is 3. The van der Waals surface area contributed by atoms with Crippen LogP contribution in [-0.2, 0) is 0 Å². The Balaban J connectivity index is 1.93. The molecule has 0 fully saturated rings. The highest BCUT2D eigenvalue weighted by atomic mass is 35.5. The van der Waals surface area contributed by atoms with Crippen molar-refractivity contribution in [3.63, 3.8) is 0 Å². The van der Waals surface area contributed by atoms with Gasteiger partial charge in [-0.3, -0.25) is 19.7 Å². The number of halogens is 1. The van der Waals surface area contributed by atoms with Gasteiger partial charge in [0.2, 0.25) is 5.43 Å². The van der Waals surface area contributed by atoms with Gasteiger partial charge in [0.25, 0.3) is 11.6 Å². The topological polar surface area (TPSA) is 107 Å². The molecule has 8 nitrogen and oxygen atoms in total. The standard InChI is InChI=1S/C24H17ClN4O4/c1-15-22(30)21(16-10-12-18(25)13-11-16)23(28(27-15)19-7-3-2-4-8-19)26-24(31)17-6-5-9-20(14-17)29(32)33/h2-14H,1H3,(H,26,31). The highest BCUT2D eigenvalue weighted by molar-refractivity contribution is 6.30. The fraction of sp³-hybridized carbons (Fsp3) is 0.0417. The first-order valence-corrected chi connectivity index (χ1v) is 10.2. The average molecular weight is 461 g/mol. The Hall–Kier alpha value is -4.30. The zero-order chi connectivity index (χ0) is 23.5. The van der Waals surface area contributed by atoms with Crippen LogP contribution in [0, 0.1) is 17.0 Å². The summed E-state index contributed by atoms with van der Waals surface area (Å²) >= 11 is 6.02. The van der Waals surface area contributed by atoms with E-state index in [0.29, 0.717) is 16.3 Å². The van der Waals surface area contributed by atoms with Gasteiger partial charge in [0.15, 0.2) is 0 Å². The van der Waals surface area contributed by atoms with Crippen molar-refractivity contribution in [3.05, 3.63) is 115 Å². The van der Waals surface area contributed by atoms with Gasteiger partial charge in [-0.1, -0.05) is 48.0 Å². The maximum absolute atomic E-state index is 13.2. The Morgan fingerprint density at radius 3 is 2.39 bits per heavy atom. The number of aromatic nitrogens is 2. The molecule has 0 unspecified atom stereocenters. The zero-order valence-electron chi connectivity index (χ0n) is 17.4. The lowest BCUT2D eigenvalue weighted by molar-refractivity contribution is -0.384. The van der Waals surface area contributed by atoms with E-state index < -0.39 is 10.8 Å². The number of hydrogen-bond donors (Lipinski definition) is 1. The number of nitrogens with one attached hydrogen (secondary N) is 1. The summed E-state index contributed by atoms with van der Waals surface area (Å²) in [4.78, 5) is 36.8. The minimum atomic E-state index is -0.622. The lowest BCUT2D eigenvalue weighted by Gasteiger charge is -2.18. The number of nitro groups is 1. The van der Waals surface area contributed by atoms with Gasteiger partial charge < -0.3 is 5.32 Å². The van der Waals surface area contributed by atoms with Crippen LogP contribution in [0.2, 0.25) is 5.02 Å². The molecule has 1 amide bonds. The monoisotopic (exact) mass is 460 g/mol. The molecule has 9 heteroatoms. The van der Waals surface area contributed by atoms with E-state index in [0.717, 1.165) is 0 Å². The fourth-order valence-electron chi connectivity index (χ4n) is 3.34. The zero-order valence-corrected chi connectivity index (χ0v) is 18.1. The number of nitrogens with zero attached hydrogens (tertiary/aromatic N) is 3. The van der Waals surface area contributed by atoms with Crippen molar-refractivity contribution in [3.8, 4) is 16.8 Å². The van der Waals surface area contributed by atoms with E-state index in [1.165, 1.54) is 28.9 Å². The summed E-state index contributed by atoms with van der Waals surface area (Å²) in [5, 5.41) is 18.8. The predicted octanol–water partition coefficient (Wildman–Crippen LogP) is 5.02. The molecule has 1 aromatic heterocycles. The number of carbonyl (C=O) groups excluding carboxylic acids is 1. The number of nitro benzene ring substituents is 1. The predicted molar refractivity (Wildman–Crippen MR) is 126 cm³/mol. The summed E-state index contributed by atoms with van der Waals surface area (Å²) in [6.07, 6.45) is 0. The second-order valence-electron chi connectivity index (χ2n) is 7.15. The van der Waals surface area contributed by atoms with Gasteiger partial charge in [0.05, 0.1) is 16.2 Å². The molecule has 0 aliphatic rings. The number of amides is 1. The molecule has 4 rings (SSSR count). The first-order chi connectivity index (χ1) is 15.8. The van der Waals surface area contributed by atoms with Crippen molar-refractivity contribution in [2.75, 3.05) is 5.32 Å². The van der Waals surface area contributed by atoms with Crippen LogP contribution in [0.15, 0.2) is 83.7 Å². The van der Waals surface area contributed by atoms with E-state index in [-0.39, 0.29) is 33.8 Å². The number of anilines is 1. The van der Waals surface area contributed by atoms with Crippen LogP contribution >= 0.6 is 11.6 Å². The minimum absolute atomic E-state index is 0.0684. The third-order valence-corrected chi connectivity index (χ3v) is 5.19. The number of non-ortho nitro benzene ring substituents is 1. The molecular weight excluding hydrogens is 444 g/mol. The molecule has 0 saturated heterocycles. The maximum Gasteiger partial charge on any atom is 0.270 e. The van der Waals surface area contributed by atoms with Gasteiger partial charge in [-0.15, -0.1) is 0 Å². The molecule has 4 aromatic rings. The van der Waals surface area contributed by atoms with Crippen LogP contribution < -0.4 is 10.7 Å². The number of carbonyl (C=O) groups is 1. The molecule has 164 valence electrons. The van der Waals surface area contributed by atoms with E-state index in [2.05, 4.69) is 10.4 Å². The van der Waals surface area contributed by atoms with Gasteiger partial charge in [-0.05, 0) is 42.8 Å². The smallest absolute Gasteiger partial charge is 0.270 e. The Morgan fingerprint density at radius 2 is 1.73 bits per heavy atom. The van der Waals surface area contributed by atoms with E-state index in [4.69, 9.17) is 11.6 Å². The van der Waals surface area contributed by atoms with Crippen LogP contribution in [0.4, 0.5) is 11.5 Å². The van der Waals surface area contributed by atoms with E-state index in [1.54, 1.807) is 55.5 Å². The Labute approximate surface area is 193 Å². The molecule has 3 aromatic carbocycles. The highest BCUT2D eigenvalue weighted by Crippen LogP contribution is 2.29. The van der Waals surface area contributed by atoms with Crippen molar-refractivity contribution in [2.45, 2.75) is 6.92 Å². The summed E-state index contributed by atoms with van der Waals surface area (Å²) in [6.45, 7) is 1.59. The Morgan fingerprint density at radius 1 is 1.03 bits per heavy atom. The molecule has 0 atom stereocenters. The van der Waals surface area contributed by atoms with Crippen LogP contribution in [0.3, 0.4) is 0 Å². The molecule has 0 saturated carbocycles. The molecule has 0 radical (unpaired) electrons. The fourth-order valence-corrected chi connectivity index (χ4v) is 3.46. The van der Waals surface area contributed by atoms with Crippen molar-refractivity contribution in [2.24, 2.45) is 0 Å². The Kier molecular flexibility index (Phi) is 6.01. The molecule has 1 N–H and O–H groups in total. The number of para-hydroxylation sites is 1. The molecule has 0 aliphatic carbocycles. The highest BCUT2D eigenvalue weighted by Gasteiger charge is 2.21. The molecule has 0 bridgehead atoms. The normalized spacial score (nSPS) is 10.6. The van der Waals surface area contributed by atoms with Crippen molar-refractivity contribution in [1.82, 2.24) is 9.78 Å². The molecule has 1 heterocycles. The third-order valence-electron chi connectivity index (χ3n) is 4.94. The first kappa shape index (κ1) is 21.9. The summed E-state index contributed by atoms with van der Waals surface area (Å²) < 4.78 is 1.47. The molecule has 33 heavy (non-hydrogen) atoms. The van der Waals surface area contributed by atoms with Gasteiger partial charge in [0.1, 0.15) is 11.5 Å². The van der Waals surface area contributed by atoms with E-state index >= 15 is 0 Å². The van der Waals surface area contributed by atoms with Crippen LogP contribution in [0.1, 0.15) is 16.1 Å². The van der Waals surface area contributed by atoms with Crippen molar-refractivity contribution in [1.29, 1.82) is 0 Å². The largest absolute Gasteiger partial charge is 0.306 e. The van der Waals surface area contributed by atoms with Gasteiger partial charge in [-0.25, -0.2) is 4.68 Å². The molecule has 0 spiro atoms. The SMILES string of the molecule is Cc1nn(-c2ccccc2)c(NC(=O)c2cccc([N+](=O)[O-])c2)c(-c2ccc(Cl)cc2)c1=O. The summed E-state index contributed by atoms with van der Waals surface area (Å²) in [7, 11) is 0. The first-order valence-electron chi connectivity index (χ1n) is 9.86. The van der Waals surface area contributed by atoms with Crippen molar-refractivity contribution < 1.29 is 9.72 Å². The lowest BCUT2D eigenvalue weighted by Crippen LogP contribution is -2.25. The van der Waals surface area contributed by atoms with Gasteiger partial charge >= 0.3 is 0 Å². The van der Waals surface area contributed by atoms with Crippen LogP contribution in [0.25, 0.3) is 16.8 Å². The summed E-state index contributed by atoms with van der Waals surface area (Å²) in [5.74, 6) is -0.487. The average Bonchev–Trinajstić information content (AvgIpc) is 2.83. The minimum Gasteiger partial charge on any atom is -0.306 e. The quantitative estimate of drug-likeness (QED) is 0.332. The van der Waals surface area contributed by atoms with E-state index in [9.17, 15) is 19.7 Å². The van der Waals surface area contributed by atoms with Gasteiger partial charge in [0, 0.05) is 22.7 Å². The number of rotatable bonds is 5. The lowest BCUT2D eigenvalue weighted by atomic mass is 10.0. The Bertz CT molecular complexity index is 1420. The molecular formula is C24H17ClN4O4. The summed E-state index contributed by atoms with van der Waals surface area (Å²) in [5.41, 5.74) is 1.10. The van der Waals surface area contributed by atoms with Crippen LogP contribution in [-0.4, -0.2) is 20.6 Å². The number of aryl methyl sites for hydroxylation is 1. The third kappa shape index (κ3) is 4.51.